The number of hydrogen-bond donors (Lipinski definition) is 2. The predicted molar refractivity (Wildman–Crippen MR) is 108 cm³/mol. The van der Waals surface area contributed by atoms with Crippen molar-refractivity contribution >= 4 is 38.6 Å². The van der Waals surface area contributed by atoms with Crippen molar-refractivity contribution in [2.24, 2.45) is 0 Å². The third-order valence-electron chi connectivity index (χ3n) is 4.25. The molecule has 4 aromatic rings. The number of aromatic amines is 1. The molecule has 1 aromatic carbocycles. The second kappa shape index (κ2) is 6.96. The van der Waals surface area contributed by atoms with Gasteiger partial charge in [0, 0.05) is 27.6 Å². The molecule has 0 aliphatic carbocycles. The van der Waals surface area contributed by atoms with Gasteiger partial charge >= 0.3 is 0 Å². The number of hydrogen-bond acceptors (Lipinski definition) is 4. The lowest BCUT2D eigenvalue weighted by molar-refractivity contribution is 0.102. The van der Waals surface area contributed by atoms with Gasteiger partial charge in [-0.1, -0.05) is 28.1 Å². The van der Waals surface area contributed by atoms with Crippen LogP contribution in [-0.4, -0.2) is 30.6 Å². The van der Waals surface area contributed by atoms with E-state index in [0.29, 0.717) is 22.9 Å². The van der Waals surface area contributed by atoms with Crippen LogP contribution in [0.1, 0.15) is 30.2 Å². The summed E-state index contributed by atoms with van der Waals surface area (Å²) in [6, 6.07) is 11.4. The molecule has 27 heavy (non-hydrogen) atoms. The Kier molecular flexibility index (Phi) is 4.49. The highest BCUT2D eigenvalue weighted by atomic mass is 79.9. The van der Waals surface area contributed by atoms with Crippen LogP contribution in [0.3, 0.4) is 0 Å². The second-order valence-corrected chi connectivity index (χ2v) is 7.24. The Morgan fingerprint density at radius 2 is 2.04 bits per heavy atom. The molecular weight excluding hydrogens is 408 g/mol. The zero-order chi connectivity index (χ0) is 19.0. The van der Waals surface area contributed by atoms with Crippen LogP contribution in [0.5, 0.6) is 0 Å². The maximum atomic E-state index is 12.8. The van der Waals surface area contributed by atoms with E-state index in [9.17, 15) is 4.79 Å². The quantitative estimate of drug-likeness (QED) is 0.507. The molecule has 3 heterocycles. The number of nitrogens with one attached hydrogen (secondary N) is 2. The van der Waals surface area contributed by atoms with E-state index in [2.05, 4.69) is 41.4 Å². The van der Waals surface area contributed by atoms with Crippen LogP contribution < -0.4 is 5.32 Å². The monoisotopic (exact) mass is 424 g/mol. The molecular formula is C19H17BrN6O. The van der Waals surface area contributed by atoms with Crippen molar-refractivity contribution in [1.29, 1.82) is 0 Å². The summed E-state index contributed by atoms with van der Waals surface area (Å²) in [5.41, 5.74) is 2.09. The number of aromatic nitrogens is 5. The molecule has 0 unspecified atom stereocenters. The molecule has 0 atom stereocenters. The Morgan fingerprint density at radius 3 is 2.85 bits per heavy atom. The predicted octanol–water partition coefficient (Wildman–Crippen LogP) is 4.42. The molecule has 136 valence electrons. The average Bonchev–Trinajstić information content (AvgIpc) is 3.30. The van der Waals surface area contributed by atoms with Crippen LogP contribution >= 0.6 is 15.9 Å². The maximum absolute atomic E-state index is 12.8. The van der Waals surface area contributed by atoms with Crippen LogP contribution in [0.4, 0.5) is 5.82 Å². The molecule has 8 heteroatoms. The second-order valence-electron chi connectivity index (χ2n) is 6.38. The number of anilines is 1. The number of fused-ring (bicyclic) bond motifs is 1. The summed E-state index contributed by atoms with van der Waals surface area (Å²) in [7, 11) is 0. The van der Waals surface area contributed by atoms with Gasteiger partial charge in [-0.25, -0.2) is 4.98 Å². The molecule has 7 nitrogen and oxygen atoms in total. The van der Waals surface area contributed by atoms with Crippen molar-refractivity contribution in [2.45, 2.75) is 19.9 Å². The third-order valence-corrected chi connectivity index (χ3v) is 4.91. The number of benzene rings is 1. The van der Waals surface area contributed by atoms with Gasteiger partial charge in [0.05, 0.1) is 5.56 Å². The molecule has 0 saturated heterocycles. The molecule has 0 spiro atoms. The minimum atomic E-state index is -0.233. The lowest BCUT2D eigenvalue weighted by atomic mass is 10.1. The van der Waals surface area contributed by atoms with Gasteiger partial charge in [0.2, 0.25) is 0 Å². The van der Waals surface area contributed by atoms with E-state index >= 15 is 0 Å². The van der Waals surface area contributed by atoms with Crippen molar-refractivity contribution in [2.75, 3.05) is 5.32 Å². The lowest BCUT2D eigenvalue weighted by Crippen LogP contribution is -2.13. The van der Waals surface area contributed by atoms with Crippen LogP contribution in [0.25, 0.3) is 22.4 Å². The van der Waals surface area contributed by atoms with Crippen LogP contribution in [0.2, 0.25) is 0 Å². The minimum absolute atomic E-state index is 0.207. The third kappa shape index (κ3) is 3.23. The molecule has 0 bridgehead atoms. The minimum Gasteiger partial charge on any atom is -0.360 e. The number of carbonyl (C=O) groups excluding carboxylic acids is 1. The van der Waals surface area contributed by atoms with Gasteiger partial charge in [-0.2, -0.15) is 0 Å². The van der Waals surface area contributed by atoms with Crippen LogP contribution in [-0.2, 0) is 0 Å². The van der Waals surface area contributed by atoms with E-state index in [0.717, 1.165) is 15.4 Å². The Bertz CT molecular complexity index is 1130. The maximum Gasteiger partial charge on any atom is 0.259 e. The first-order chi connectivity index (χ1) is 13.0. The molecule has 0 fully saturated rings. The van der Waals surface area contributed by atoms with Gasteiger partial charge in [-0.05, 0) is 38.1 Å². The van der Waals surface area contributed by atoms with E-state index in [4.69, 9.17) is 0 Å². The number of rotatable bonds is 4. The molecule has 0 aliphatic heterocycles. The first-order valence-corrected chi connectivity index (χ1v) is 9.28. The zero-order valence-corrected chi connectivity index (χ0v) is 16.4. The Labute approximate surface area is 164 Å². The first kappa shape index (κ1) is 17.4. The Morgan fingerprint density at radius 1 is 1.22 bits per heavy atom. The molecule has 3 aromatic heterocycles. The molecule has 0 radical (unpaired) electrons. The normalized spacial score (nSPS) is 11.3. The van der Waals surface area contributed by atoms with Gasteiger partial charge in [0.1, 0.15) is 17.8 Å². The molecule has 1 amide bonds. The highest BCUT2D eigenvalue weighted by molar-refractivity contribution is 9.10. The fraction of sp³-hybridized carbons (Fsp3) is 0.158. The molecule has 4 rings (SSSR count). The van der Waals surface area contributed by atoms with Gasteiger partial charge in [0.15, 0.2) is 5.82 Å². The lowest BCUT2D eigenvalue weighted by Gasteiger charge is -2.10. The summed E-state index contributed by atoms with van der Waals surface area (Å²) in [4.78, 5) is 20.4. The topological polar surface area (TPSA) is 88.5 Å². The highest BCUT2D eigenvalue weighted by Crippen LogP contribution is 2.27. The fourth-order valence-electron chi connectivity index (χ4n) is 2.94. The standard InChI is InChI=1S/C19H17BrN6O/c1-11(2)26-10-22-25-18(26)15-7-4-8-16(23-15)24-19(27)12-9-21-14-6-3-5-13(20)17(12)14/h3-11,21H,1-2H3,(H,23,24,27). The van der Waals surface area contributed by atoms with Crippen molar-refractivity contribution in [3.05, 3.63) is 59.0 Å². The van der Waals surface area contributed by atoms with Crippen LogP contribution in [0, 0.1) is 0 Å². The average molecular weight is 425 g/mol. The Balaban J connectivity index is 1.65. The number of nitrogens with zero attached hydrogens (tertiary/aromatic N) is 4. The molecule has 0 aliphatic rings. The van der Waals surface area contributed by atoms with E-state index < -0.39 is 0 Å². The smallest absolute Gasteiger partial charge is 0.259 e. The van der Waals surface area contributed by atoms with Crippen molar-refractivity contribution in [1.82, 2.24) is 24.7 Å². The largest absolute Gasteiger partial charge is 0.360 e. The summed E-state index contributed by atoms with van der Waals surface area (Å²) >= 11 is 3.51. The van der Waals surface area contributed by atoms with E-state index in [1.54, 1.807) is 18.6 Å². The van der Waals surface area contributed by atoms with E-state index in [1.807, 2.05) is 48.7 Å². The summed E-state index contributed by atoms with van der Waals surface area (Å²) in [5.74, 6) is 0.885. The van der Waals surface area contributed by atoms with Crippen LogP contribution in [0.15, 0.2) is 53.4 Å². The number of pyridine rings is 1. The summed E-state index contributed by atoms with van der Waals surface area (Å²) < 4.78 is 2.79. The summed E-state index contributed by atoms with van der Waals surface area (Å²) in [5, 5.41) is 11.8. The summed E-state index contributed by atoms with van der Waals surface area (Å²) in [6.07, 6.45) is 3.38. The van der Waals surface area contributed by atoms with E-state index in [1.165, 1.54) is 0 Å². The zero-order valence-electron chi connectivity index (χ0n) is 14.8. The van der Waals surface area contributed by atoms with Crippen molar-refractivity contribution < 1.29 is 4.79 Å². The molecule has 2 N–H and O–H groups in total. The number of carbonyl (C=O) groups is 1. The van der Waals surface area contributed by atoms with Crippen molar-refractivity contribution in [3.63, 3.8) is 0 Å². The SMILES string of the molecule is CC(C)n1cnnc1-c1cccc(NC(=O)c2c[nH]c3cccc(Br)c23)n1. The number of halogens is 1. The summed E-state index contributed by atoms with van der Waals surface area (Å²) in [6.45, 7) is 4.10. The molecule has 0 saturated carbocycles. The number of H-pyrrole nitrogens is 1. The van der Waals surface area contributed by atoms with Crippen molar-refractivity contribution in [3.8, 4) is 11.5 Å². The highest BCUT2D eigenvalue weighted by Gasteiger charge is 2.16. The van der Waals surface area contributed by atoms with Gasteiger partial charge in [-0.15, -0.1) is 10.2 Å². The van der Waals surface area contributed by atoms with Gasteiger partial charge in [0.25, 0.3) is 5.91 Å². The van der Waals surface area contributed by atoms with E-state index in [-0.39, 0.29) is 11.9 Å². The Hall–Kier alpha value is -3.00. The fourth-order valence-corrected chi connectivity index (χ4v) is 3.52. The van der Waals surface area contributed by atoms with Gasteiger partial charge < -0.3 is 14.9 Å². The first-order valence-electron chi connectivity index (χ1n) is 8.48. The number of amides is 1. The van der Waals surface area contributed by atoms with Gasteiger partial charge in [-0.3, -0.25) is 4.79 Å².